The zero-order chi connectivity index (χ0) is 19.9. The lowest BCUT2D eigenvalue weighted by Gasteiger charge is -2.15. The van der Waals surface area contributed by atoms with Gasteiger partial charge in [0.1, 0.15) is 11.5 Å². The molecule has 2 amide bonds. The van der Waals surface area contributed by atoms with Crippen molar-refractivity contribution in [3.05, 3.63) is 83.3 Å². The molecule has 0 saturated heterocycles. The van der Waals surface area contributed by atoms with Crippen molar-refractivity contribution in [2.24, 2.45) is 0 Å². The van der Waals surface area contributed by atoms with Crippen LogP contribution >= 0.6 is 11.6 Å². The second-order valence-corrected chi connectivity index (χ2v) is 6.43. The number of amides is 2. The molecule has 28 heavy (non-hydrogen) atoms. The number of furan rings is 1. The molecular weight excluding hydrogens is 380 g/mol. The van der Waals surface area contributed by atoms with Crippen LogP contribution in [0.25, 0.3) is 0 Å². The lowest BCUT2D eigenvalue weighted by molar-refractivity contribution is -0.122. The number of para-hydroxylation sites is 1. The molecule has 0 bridgehead atoms. The van der Waals surface area contributed by atoms with Crippen LogP contribution in [0.15, 0.2) is 71.3 Å². The largest absolute Gasteiger partial charge is 0.479 e. The fourth-order valence-electron chi connectivity index (χ4n) is 2.42. The Labute approximate surface area is 167 Å². The van der Waals surface area contributed by atoms with Crippen LogP contribution in [0.4, 0.5) is 5.69 Å². The Hall–Kier alpha value is -3.25. The molecule has 0 aliphatic carbocycles. The SMILES string of the molecule is CC(Oc1ccccc1Cl)C(=O)Nc1ccc(C(=O)NCc2ccco2)cc1. The van der Waals surface area contributed by atoms with Crippen molar-refractivity contribution in [3.8, 4) is 5.75 Å². The Morgan fingerprint density at radius 2 is 1.82 bits per heavy atom. The number of carbonyl (C=O) groups is 2. The van der Waals surface area contributed by atoms with E-state index < -0.39 is 6.10 Å². The molecule has 3 rings (SSSR count). The third kappa shape index (κ3) is 5.14. The van der Waals surface area contributed by atoms with Gasteiger partial charge in [-0.15, -0.1) is 0 Å². The van der Waals surface area contributed by atoms with Gasteiger partial charge >= 0.3 is 0 Å². The summed E-state index contributed by atoms with van der Waals surface area (Å²) in [7, 11) is 0. The highest BCUT2D eigenvalue weighted by Crippen LogP contribution is 2.24. The van der Waals surface area contributed by atoms with Crippen LogP contribution in [-0.2, 0) is 11.3 Å². The van der Waals surface area contributed by atoms with E-state index in [0.29, 0.717) is 34.3 Å². The van der Waals surface area contributed by atoms with Crippen molar-refractivity contribution in [2.45, 2.75) is 19.6 Å². The number of benzene rings is 2. The maximum absolute atomic E-state index is 12.3. The van der Waals surface area contributed by atoms with Gasteiger partial charge in [-0.05, 0) is 55.5 Å². The number of hydrogen-bond donors (Lipinski definition) is 2. The van der Waals surface area contributed by atoms with Crippen LogP contribution in [0.1, 0.15) is 23.0 Å². The minimum atomic E-state index is -0.740. The van der Waals surface area contributed by atoms with Gasteiger partial charge in [-0.25, -0.2) is 0 Å². The highest BCUT2D eigenvalue weighted by atomic mass is 35.5. The summed E-state index contributed by atoms with van der Waals surface area (Å²) in [5, 5.41) is 5.95. The molecule has 2 N–H and O–H groups in total. The second-order valence-electron chi connectivity index (χ2n) is 6.02. The molecule has 1 aromatic heterocycles. The first-order chi connectivity index (χ1) is 13.5. The first-order valence-electron chi connectivity index (χ1n) is 8.65. The molecule has 3 aromatic rings. The molecule has 1 heterocycles. The number of hydrogen-bond acceptors (Lipinski definition) is 4. The van der Waals surface area contributed by atoms with E-state index in [1.807, 2.05) is 0 Å². The van der Waals surface area contributed by atoms with Gasteiger partial charge in [0.05, 0.1) is 17.8 Å². The van der Waals surface area contributed by atoms with Crippen molar-refractivity contribution in [3.63, 3.8) is 0 Å². The van der Waals surface area contributed by atoms with Crippen LogP contribution in [0.5, 0.6) is 5.75 Å². The third-order valence-electron chi connectivity index (χ3n) is 3.93. The Kier molecular flexibility index (Phi) is 6.34. The molecule has 7 heteroatoms. The molecule has 1 unspecified atom stereocenters. The molecule has 0 radical (unpaired) electrons. The molecule has 1 atom stereocenters. The number of ether oxygens (including phenoxy) is 1. The van der Waals surface area contributed by atoms with Gasteiger partial charge in [0.25, 0.3) is 11.8 Å². The van der Waals surface area contributed by atoms with E-state index in [1.165, 1.54) is 0 Å². The van der Waals surface area contributed by atoms with Crippen molar-refractivity contribution >= 4 is 29.1 Å². The molecule has 0 fully saturated rings. The van der Waals surface area contributed by atoms with E-state index in [1.54, 1.807) is 73.9 Å². The monoisotopic (exact) mass is 398 g/mol. The standard InChI is InChI=1S/C21H19ClN2O4/c1-14(28-19-7-3-2-6-18(19)22)20(25)24-16-10-8-15(9-11-16)21(26)23-13-17-5-4-12-27-17/h2-12,14H,13H2,1H3,(H,23,26)(H,24,25). The number of anilines is 1. The maximum Gasteiger partial charge on any atom is 0.265 e. The zero-order valence-corrected chi connectivity index (χ0v) is 15.9. The lowest BCUT2D eigenvalue weighted by Crippen LogP contribution is -2.30. The van der Waals surface area contributed by atoms with Crippen LogP contribution in [-0.4, -0.2) is 17.9 Å². The summed E-state index contributed by atoms with van der Waals surface area (Å²) in [4.78, 5) is 24.5. The summed E-state index contributed by atoms with van der Waals surface area (Å²) < 4.78 is 10.8. The van der Waals surface area contributed by atoms with Gasteiger partial charge in [0.2, 0.25) is 0 Å². The van der Waals surface area contributed by atoms with Crippen LogP contribution in [0, 0.1) is 0 Å². The Balaban J connectivity index is 1.53. The quantitative estimate of drug-likeness (QED) is 0.622. The minimum Gasteiger partial charge on any atom is -0.479 e. The first kappa shape index (κ1) is 19.5. The predicted octanol–water partition coefficient (Wildman–Crippen LogP) is 4.27. The molecule has 0 aliphatic rings. The summed E-state index contributed by atoms with van der Waals surface area (Å²) >= 11 is 6.04. The average molecular weight is 399 g/mol. The second kappa shape index (κ2) is 9.10. The van der Waals surface area contributed by atoms with Crippen molar-refractivity contribution in [2.75, 3.05) is 5.32 Å². The maximum atomic E-state index is 12.3. The summed E-state index contributed by atoms with van der Waals surface area (Å²) in [6, 6.07) is 17.1. The van der Waals surface area contributed by atoms with Gasteiger partial charge in [-0.1, -0.05) is 23.7 Å². The van der Waals surface area contributed by atoms with Crippen molar-refractivity contribution < 1.29 is 18.7 Å². The van der Waals surface area contributed by atoms with Gasteiger partial charge in [0.15, 0.2) is 6.10 Å². The Bertz CT molecular complexity index is 939. The molecular formula is C21H19ClN2O4. The molecule has 144 valence electrons. The normalized spacial score (nSPS) is 11.5. The number of halogens is 1. The number of carbonyl (C=O) groups excluding carboxylic acids is 2. The molecule has 2 aromatic carbocycles. The summed E-state index contributed by atoms with van der Waals surface area (Å²) in [6.45, 7) is 1.94. The fraction of sp³-hybridized carbons (Fsp3) is 0.143. The average Bonchev–Trinajstić information content (AvgIpc) is 3.22. The fourth-order valence-corrected chi connectivity index (χ4v) is 2.60. The minimum absolute atomic E-state index is 0.232. The Morgan fingerprint density at radius 1 is 1.07 bits per heavy atom. The van der Waals surface area contributed by atoms with E-state index in [-0.39, 0.29) is 11.8 Å². The van der Waals surface area contributed by atoms with Crippen LogP contribution in [0.3, 0.4) is 0 Å². The first-order valence-corrected chi connectivity index (χ1v) is 9.03. The summed E-state index contributed by atoms with van der Waals surface area (Å²) in [5.41, 5.74) is 1.03. The van der Waals surface area contributed by atoms with Crippen molar-refractivity contribution in [1.82, 2.24) is 5.32 Å². The van der Waals surface area contributed by atoms with Gasteiger partial charge in [0, 0.05) is 11.3 Å². The topological polar surface area (TPSA) is 80.6 Å². The number of rotatable bonds is 7. The zero-order valence-electron chi connectivity index (χ0n) is 15.1. The van der Waals surface area contributed by atoms with Crippen molar-refractivity contribution in [1.29, 1.82) is 0 Å². The van der Waals surface area contributed by atoms with Gasteiger partial charge < -0.3 is 19.8 Å². The lowest BCUT2D eigenvalue weighted by atomic mass is 10.2. The highest BCUT2D eigenvalue weighted by Gasteiger charge is 2.16. The highest BCUT2D eigenvalue weighted by molar-refractivity contribution is 6.32. The smallest absolute Gasteiger partial charge is 0.265 e. The summed E-state index contributed by atoms with van der Waals surface area (Å²) in [6.07, 6.45) is 0.811. The molecule has 0 aliphatic heterocycles. The van der Waals surface area contributed by atoms with E-state index in [2.05, 4.69) is 10.6 Å². The third-order valence-corrected chi connectivity index (χ3v) is 4.24. The summed E-state index contributed by atoms with van der Waals surface area (Å²) in [5.74, 6) is 0.555. The predicted molar refractivity (Wildman–Crippen MR) is 106 cm³/mol. The van der Waals surface area contributed by atoms with E-state index >= 15 is 0 Å². The Morgan fingerprint density at radius 3 is 2.50 bits per heavy atom. The van der Waals surface area contributed by atoms with E-state index in [9.17, 15) is 9.59 Å². The molecule has 0 saturated carbocycles. The van der Waals surface area contributed by atoms with E-state index in [0.717, 1.165) is 0 Å². The van der Waals surface area contributed by atoms with Gasteiger partial charge in [-0.3, -0.25) is 9.59 Å². The van der Waals surface area contributed by atoms with Crippen LogP contribution in [0.2, 0.25) is 5.02 Å². The van der Waals surface area contributed by atoms with Crippen LogP contribution < -0.4 is 15.4 Å². The van der Waals surface area contributed by atoms with E-state index in [4.69, 9.17) is 20.8 Å². The molecule has 0 spiro atoms. The van der Waals surface area contributed by atoms with Gasteiger partial charge in [-0.2, -0.15) is 0 Å². The number of nitrogens with one attached hydrogen (secondary N) is 2. The molecule has 6 nitrogen and oxygen atoms in total.